The smallest absolute Gasteiger partial charge is 1.00 e. The van der Waals surface area contributed by atoms with Gasteiger partial charge in [-0.15, -0.1) is 0 Å². The Morgan fingerprint density at radius 2 is 2.04 bits per heavy atom. The van der Waals surface area contributed by atoms with E-state index in [9.17, 15) is 0 Å². The number of halogens is 1. The van der Waals surface area contributed by atoms with Crippen molar-refractivity contribution >= 4 is 16.5 Å². The summed E-state index contributed by atoms with van der Waals surface area (Å²) in [6, 6.07) is 8.68. The molecule has 1 aliphatic carbocycles. The summed E-state index contributed by atoms with van der Waals surface area (Å²) >= 11 is 1.73. The van der Waals surface area contributed by atoms with Gasteiger partial charge in [0.25, 0.3) is 0 Å². The molecule has 124 valence electrons. The second kappa shape index (κ2) is 7.07. The van der Waals surface area contributed by atoms with Gasteiger partial charge in [-0.3, -0.25) is 0 Å². The first kappa shape index (κ1) is 16.6. The van der Waals surface area contributed by atoms with Crippen molar-refractivity contribution in [3.8, 4) is 17.0 Å². The van der Waals surface area contributed by atoms with Crippen LogP contribution in [0.15, 0.2) is 24.3 Å². The molecule has 0 amide bonds. The molecule has 0 radical (unpaired) electrons. The molecule has 1 fully saturated rings. The van der Waals surface area contributed by atoms with Crippen LogP contribution in [0.4, 0.5) is 5.13 Å². The zero-order valence-electron chi connectivity index (χ0n) is 13.9. The maximum absolute atomic E-state index is 5.81. The second-order valence-corrected chi connectivity index (χ2v) is 7.26. The number of hydrogen-bond donors (Lipinski definition) is 2. The molecular formula is C17H22ClN3OS. The first-order valence-electron chi connectivity index (χ1n) is 8.02. The third kappa shape index (κ3) is 3.32. The van der Waals surface area contributed by atoms with Crippen LogP contribution in [-0.2, 0) is 6.61 Å². The van der Waals surface area contributed by atoms with Gasteiger partial charge < -0.3 is 28.2 Å². The average Bonchev–Trinajstić information content (AvgIpc) is 2.98. The average molecular weight is 352 g/mol. The van der Waals surface area contributed by atoms with Crippen LogP contribution in [0, 0.1) is 5.92 Å². The maximum Gasteiger partial charge on any atom is 1.00 e. The molecule has 6 heteroatoms. The molecule has 1 saturated carbocycles. The summed E-state index contributed by atoms with van der Waals surface area (Å²) in [5.41, 5.74) is 7.97. The summed E-state index contributed by atoms with van der Waals surface area (Å²) in [4.78, 5) is 6.05. The molecule has 0 atom stereocenters. The lowest BCUT2D eigenvalue weighted by Gasteiger charge is -2.28. The lowest BCUT2D eigenvalue weighted by atomic mass is 9.86. The molecule has 1 aliphatic heterocycles. The summed E-state index contributed by atoms with van der Waals surface area (Å²) in [7, 11) is 0. The SMILES string of the molecule is NCC1CCC(Nc2nc3c(s2)COc2ccccc2-3)CC1.[Cl-].[H+]. The number of thiazole rings is 1. The Kier molecular flexibility index (Phi) is 5.09. The molecule has 0 unspecified atom stereocenters. The number of hydrogen-bond acceptors (Lipinski definition) is 5. The Balaban J connectivity index is 0.00000104. The molecule has 2 aromatic rings. The van der Waals surface area contributed by atoms with Gasteiger partial charge in [0.2, 0.25) is 0 Å². The minimum atomic E-state index is 0. The summed E-state index contributed by atoms with van der Waals surface area (Å²) in [5, 5.41) is 4.65. The van der Waals surface area contributed by atoms with Crippen LogP contribution in [0.5, 0.6) is 5.75 Å². The van der Waals surface area contributed by atoms with E-state index in [4.69, 9.17) is 15.5 Å². The van der Waals surface area contributed by atoms with Gasteiger partial charge in [0.1, 0.15) is 12.4 Å². The van der Waals surface area contributed by atoms with Crippen LogP contribution >= 0.6 is 11.3 Å². The van der Waals surface area contributed by atoms with Crippen molar-refractivity contribution in [3.05, 3.63) is 29.1 Å². The first-order chi connectivity index (χ1) is 10.8. The van der Waals surface area contributed by atoms with E-state index in [-0.39, 0.29) is 13.8 Å². The number of anilines is 1. The number of para-hydroxylation sites is 1. The Labute approximate surface area is 148 Å². The minimum Gasteiger partial charge on any atom is -1.00 e. The summed E-state index contributed by atoms with van der Waals surface area (Å²) < 4.78 is 5.81. The molecule has 1 aromatic heterocycles. The lowest BCUT2D eigenvalue weighted by Crippen LogP contribution is -3.00. The molecular weight excluding hydrogens is 330 g/mol. The molecule has 4 rings (SSSR count). The van der Waals surface area contributed by atoms with Crippen molar-refractivity contribution in [2.24, 2.45) is 11.7 Å². The van der Waals surface area contributed by atoms with Crippen LogP contribution in [-0.4, -0.2) is 17.6 Å². The van der Waals surface area contributed by atoms with E-state index < -0.39 is 0 Å². The highest BCUT2D eigenvalue weighted by Gasteiger charge is 2.24. The lowest BCUT2D eigenvalue weighted by molar-refractivity contribution is -0.00000487. The number of aromatic nitrogens is 1. The third-order valence-corrected chi connectivity index (χ3v) is 5.67. The Morgan fingerprint density at radius 1 is 1.26 bits per heavy atom. The highest BCUT2D eigenvalue weighted by molar-refractivity contribution is 7.16. The van der Waals surface area contributed by atoms with Gasteiger partial charge in [-0.05, 0) is 50.3 Å². The Bertz CT molecular complexity index is 674. The zero-order valence-corrected chi connectivity index (χ0v) is 14.5. The predicted molar refractivity (Wildman–Crippen MR) is 91.4 cm³/mol. The largest absolute Gasteiger partial charge is 1.00 e. The third-order valence-electron chi connectivity index (χ3n) is 4.71. The van der Waals surface area contributed by atoms with E-state index in [2.05, 4.69) is 11.4 Å². The molecule has 23 heavy (non-hydrogen) atoms. The number of nitrogens with two attached hydrogens (primary N) is 1. The van der Waals surface area contributed by atoms with E-state index in [1.165, 1.54) is 30.6 Å². The van der Waals surface area contributed by atoms with Gasteiger partial charge in [0, 0.05) is 11.6 Å². The van der Waals surface area contributed by atoms with Crippen LogP contribution in [0.1, 0.15) is 32.0 Å². The monoisotopic (exact) mass is 351 g/mol. The van der Waals surface area contributed by atoms with Gasteiger partial charge >= 0.3 is 1.43 Å². The fourth-order valence-corrected chi connectivity index (χ4v) is 4.34. The van der Waals surface area contributed by atoms with E-state index in [1.54, 1.807) is 11.3 Å². The van der Waals surface area contributed by atoms with Crippen LogP contribution in [0.2, 0.25) is 0 Å². The van der Waals surface area contributed by atoms with Crippen LogP contribution in [0.25, 0.3) is 11.3 Å². The number of nitrogens with zero attached hydrogens (tertiary/aromatic N) is 1. The highest BCUT2D eigenvalue weighted by atomic mass is 35.5. The number of ether oxygens (including phenoxy) is 1. The van der Waals surface area contributed by atoms with Crippen molar-refractivity contribution < 1.29 is 18.6 Å². The molecule has 2 aliphatic rings. The van der Waals surface area contributed by atoms with E-state index >= 15 is 0 Å². The number of rotatable bonds is 3. The minimum absolute atomic E-state index is 0. The Morgan fingerprint density at radius 3 is 2.83 bits per heavy atom. The zero-order chi connectivity index (χ0) is 14.9. The van der Waals surface area contributed by atoms with Crippen LogP contribution in [0.3, 0.4) is 0 Å². The van der Waals surface area contributed by atoms with Crippen molar-refractivity contribution in [3.63, 3.8) is 0 Å². The Hall–Kier alpha value is -1.30. The van der Waals surface area contributed by atoms with Crippen molar-refractivity contribution in [1.29, 1.82) is 0 Å². The van der Waals surface area contributed by atoms with Gasteiger partial charge in [0.15, 0.2) is 5.13 Å². The molecule has 1 aromatic carbocycles. The van der Waals surface area contributed by atoms with Crippen molar-refractivity contribution in [1.82, 2.24) is 4.98 Å². The molecule has 4 nitrogen and oxygen atoms in total. The molecule has 0 spiro atoms. The normalized spacial score (nSPS) is 22.3. The summed E-state index contributed by atoms with van der Waals surface area (Å²) in [6.07, 6.45) is 4.84. The molecule has 2 heterocycles. The topological polar surface area (TPSA) is 60.2 Å². The standard InChI is InChI=1S/C17H21N3OS.ClH/c18-9-11-5-7-12(8-6-11)19-17-20-16-13-3-1-2-4-14(13)21-10-15(16)22-17;/h1-4,11-12H,5-10,18H2,(H,19,20);1H. The fraction of sp³-hybridized carbons (Fsp3) is 0.471. The van der Waals surface area contributed by atoms with Gasteiger partial charge in [-0.1, -0.05) is 23.5 Å². The van der Waals surface area contributed by atoms with Crippen molar-refractivity contribution in [2.75, 3.05) is 11.9 Å². The van der Waals surface area contributed by atoms with Crippen LogP contribution < -0.4 is 28.2 Å². The molecule has 0 bridgehead atoms. The highest BCUT2D eigenvalue weighted by Crippen LogP contribution is 2.41. The quantitative estimate of drug-likeness (QED) is 0.856. The fourth-order valence-electron chi connectivity index (χ4n) is 3.37. The number of nitrogens with one attached hydrogen (secondary N) is 1. The van der Waals surface area contributed by atoms with Gasteiger partial charge in [0.05, 0.1) is 10.6 Å². The first-order valence-corrected chi connectivity index (χ1v) is 8.83. The number of benzene rings is 1. The van der Waals surface area contributed by atoms with Gasteiger partial charge in [-0.25, -0.2) is 4.98 Å². The summed E-state index contributed by atoms with van der Waals surface area (Å²) in [5.74, 6) is 1.65. The molecule has 0 saturated heterocycles. The number of fused-ring (bicyclic) bond motifs is 3. The maximum atomic E-state index is 5.81. The van der Waals surface area contributed by atoms with Crippen molar-refractivity contribution in [2.45, 2.75) is 38.3 Å². The summed E-state index contributed by atoms with van der Waals surface area (Å²) in [6.45, 7) is 1.46. The van der Waals surface area contributed by atoms with E-state index in [0.717, 1.165) is 28.7 Å². The molecule has 3 N–H and O–H groups in total. The van der Waals surface area contributed by atoms with E-state index in [0.29, 0.717) is 18.6 Å². The van der Waals surface area contributed by atoms with Gasteiger partial charge in [-0.2, -0.15) is 0 Å². The predicted octanol–water partition coefficient (Wildman–Crippen LogP) is 0.748. The second-order valence-electron chi connectivity index (χ2n) is 6.17. The van der Waals surface area contributed by atoms with E-state index in [1.807, 2.05) is 18.2 Å².